The summed E-state index contributed by atoms with van der Waals surface area (Å²) in [7, 11) is 1.35. The van der Waals surface area contributed by atoms with Crippen LogP contribution in [0.25, 0.3) is 22.4 Å². The summed E-state index contributed by atoms with van der Waals surface area (Å²) in [5, 5.41) is 0. The molecular formula is C15H13N3O2. The summed E-state index contributed by atoms with van der Waals surface area (Å²) in [5.74, 6) is 0.226. The number of nitrogen functional groups attached to an aromatic ring is 1. The lowest BCUT2D eigenvalue weighted by Crippen LogP contribution is -2.01. The molecule has 0 amide bonds. The van der Waals surface area contributed by atoms with Crippen molar-refractivity contribution in [3.63, 3.8) is 0 Å². The SMILES string of the molecule is COC(=O)c1cccc2[nH]c(-c3ccccc3N)nc12. The fourth-order valence-electron chi connectivity index (χ4n) is 2.15. The molecule has 0 aliphatic carbocycles. The van der Waals surface area contributed by atoms with Gasteiger partial charge in [-0.2, -0.15) is 0 Å². The number of benzene rings is 2. The number of hydrogen-bond donors (Lipinski definition) is 2. The van der Waals surface area contributed by atoms with Crippen molar-refractivity contribution in [2.75, 3.05) is 12.8 Å². The Bertz CT molecular complexity index is 793. The molecule has 3 aromatic rings. The molecule has 0 radical (unpaired) electrons. The second-order valence-corrected chi connectivity index (χ2v) is 4.37. The third-order valence-electron chi connectivity index (χ3n) is 3.13. The lowest BCUT2D eigenvalue weighted by atomic mass is 10.2. The average Bonchev–Trinajstić information content (AvgIpc) is 2.90. The van der Waals surface area contributed by atoms with Crippen LogP contribution in [0.2, 0.25) is 0 Å². The second-order valence-electron chi connectivity index (χ2n) is 4.37. The number of hydrogen-bond acceptors (Lipinski definition) is 4. The van der Waals surface area contributed by atoms with E-state index in [9.17, 15) is 4.79 Å². The van der Waals surface area contributed by atoms with E-state index in [-0.39, 0.29) is 0 Å². The molecule has 0 aliphatic heterocycles. The van der Waals surface area contributed by atoms with Gasteiger partial charge in [0.1, 0.15) is 11.3 Å². The molecule has 0 spiro atoms. The van der Waals surface area contributed by atoms with Gasteiger partial charge in [0.25, 0.3) is 0 Å². The number of carbonyl (C=O) groups is 1. The lowest BCUT2D eigenvalue weighted by molar-refractivity contribution is 0.0603. The summed E-state index contributed by atoms with van der Waals surface area (Å²) < 4.78 is 4.77. The number of methoxy groups -OCH3 is 1. The Morgan fingerprint density at radius 1 is 1.20 bits per heavy atom. The van der Waals surface area contributed by atoms with E-state index in [0.717, 1.165) is 11.1 Å². The summed E-state index contributed by atoms with van der Waals surface area (Å²) in [5.41, 5.74) is 9.17. The number of nitrogens with zero attached hydrogens (tertiary/aromatic N) is 1. The first kappa shape index (κ1) is 12.2. The Morgan fingerprint density at radius 2 is 2.00 bits per heavy atom. The molecule has 20 heavy (non-hydrogen) atoms. The molecule has 3 rings (SSSR count). The fourth-order valence-corrected chi connectivity index (χ4v) is 2.15. The van der Waals surface area contributed by atoms with E-state index in [2.05, 4.69) is 9.97 Å². The molecule has 5 nitrogen and oxygen atoms in total. The Kier molecular flexibility index (Phi) is 2.87. The van der Waals surface area contributed by atoms with E-state index < -0.39 is 5.97 Å². The Labute approximate surface area is 115 Å². The van der Waals surface area contributed by atoms with Gasteiger partial charge in [-0.05, 0) is 24.3 Å². The van der Waals surface area contributed by atoms with Gasteiger partial charge in [-0.3, -0.25) is 0 Å². The van der Waals surface area contributed by atoms with Gasteiger partial charge in [0.15, 0.2) is 0 Å². The summed E-state index contributed by atoms with van der Waals surface area (Å²) >= 11 is 0. The molecule has 0 aliphatic rings. The van der Waals surface area contributed by atoms with Crippen LogP contribution in [0.1, 0.15) is 10.4 Å². The summed E-state index contributed by atoms with van der Waals surface area (Å²) in [6, 6.07) is 12.8. The first-order chi connectivity index (χ1) is 9.70. The van der Waals surface area contributed by atoms with Crippen molar-refractivity contribution in [1.82, 2.24) is 9.97 Å². The van der Waals surface area contributed by atoms with Gasteiger partial charge in [0.05, 0.1) is 18.2 Å². The van der Waals surface area contributed by atoms with Crippen molar-refractivity contribution >= 4 is 22.7 Å². The summed E-state index contributed by atoms with van der Waals surface area (Å²) in [6.45, 7) is 0. The molecule has 0 unspecified atom stereocenters. The molecule has 1 heterocycles. The standard InChI is InChI=1S/C15H13N3O2/c1-20-15(19)10-6-4-8-12-13(10)18-14(17-12)9-5-2-3-7-11(9)16/h2-8H,16H2,1H3,(H,17,18). The van der Waals surface area contributed by atoms with E-state index >= 15 is 0 Å². The third-order valence-corrected chi connectivity index (χ3v) is 3.13. The highest BCUT2D eigenvalue weighted by Crippen LogP contribution is 2.26. The molecule has 2 aromatic carbocycles. The number of ether oxygens (including phenoxy) is 1. The van der Waals surface area contributed by atoms with Crippen LogP contribution < -0.4 is 5.73 Å². The van der Waals surface area contributed by atoms with Crippen LogP contribution in [-0.4, -0.2) is 23.0 Å². The topological polar surface area (TPSA) is 81.0 Å². The van der Waals surface area contributed by atoms with Crippen molar-refractivity contribution in [2.24, 2.45) is 0 Å². The minimum absolute atomic E-state index is 0.408. The number of nitrogens with two attached hydrogens (primary N) is 1. The highest BCUT2D eigenvalue weighted by atomic mass is 16.5. The minimum atomic E-state index is -0.408. The van der Waals surface area contributed by atoms with Crippen LogP contribution in [0, 0.1) is 0 Å². The maximum absolute atomic E-state index is 11.7. The van der Waals surface area contributed by atoms with Crippen LogP contribution in [0.4, 0.5) is 5.69 Å². The lowest BCUT2D eigenvalue weighted by Gasteiger charge is -2.00. The van der Waals surface area contributed by atoms with Crippen LogP contribution >= 0.6 is 0 Å². The van der Waals surface area contributed by atoms with Gasteiger partial charge in [-0.1, -0.05) is 18.2 Å². The zero-order chi connectivity index (χ0) is 14.1. The monoisotopic (exact) mass is 267 g/mol. The van der Waals surface area contributed by atoms with Gasteiger partial charge in [-0.25, -0.2) is 9.78 Å². The molecule has 0 bridgehead atoms. The number of esters is 1. The fraction of sp³-hybridized carbons (Fsp3) is 0.0667. The number of imidazole rings is 1. The van der Waals surface area contributed by atoms with Crippen molar-refractivity contribution in [2.45, 2.75) is 0 Å². The molecule has 0 saturated carbocycles. The van der Waals surface area contributed by atoms with E-state index in [1.165, 1.54) is 7.11 Å². The Morgan fingerprint density at radius 3 is 2.75 bits per heavy atom. The first-order valence-corrected chi connectivity index (χ1v) is 6.12. The predicted octanol–water partition coefficient (Wildman–Crippen LogP) is 2.60. The molecule has 0 fully saturated rings. The number of aromatic nitrogens is 2. The summed E-state index contributed by atoms with van der Waals surface area (Å²) in [6.07, 6.45) is 0. The Balaban J connectivity index is 2.21. The highest BCUT2D eigenvalue weighted by Gasteiger charge is 2.15. The zero-order valence-electron chi connectivity index (χ0n) is 10.9. The molecule has 5 heteroatoms. The zero-order valence-corrected chi connectivity index (χ0v) is 10.9. The average molecular weight is 267 g/mol. The maximum atomic E-state index is 11.7. The molecule has 100 valence electrons. The highest BCUT2D eigenvalue weighted by molar-refractivity contribution is 6.02. The number of aromatic amines is 1. The molecule has 0 atom stereocenters. The van der Waals surface area contributed by atoms with Crippen molar-refractivity contribution in [1.29, 1.82) is 0 Å². The number of nitrogens with one attached hydrogen (secondary N) is 1. The normalized spacial score (nSPS) is 10.7. The van der Waals surface area contributed by atoms with E-state index in [4.69, 9.17) is 10.5 Å². The first-order valence-electron chi connectivity index (χ1n) is 6.12. The van der Waals surface area contributed by atoms with Gasteiger partial charge in [-0.15, -0.1) is 0 Å². The smallest absolute Gasteiger partial charge is 0.340 e. The van der Waals surface area contributed by atoms with Crippen LogP contribution in [0.15, 0.2) is 42.5 Å². The molecule has 1 aromatic heterocycles. The van der Waals surface area contributed by atoms with E-state index in [1.54, 1.807) is 12.1 Å². The second kappa shape index (κ2) is 4.70. The largest absolute Gasteiger partial charge is 0.465 e. The number of fused-ring (bicyclic) bond motifs is 1. The van der Waals surface area contributed by atoms with Crippen LogP contribution in [0.5, 0.6) is 0 Å². The van der Waals surface area contributed by atoms with Crippen LogP contribution in [0.3, 0.4) is 0 Å². The van der Waals surface area contributed by atoms with Gasteiger partial charge in [0, 0.05) is 11.3 Å². The number of H-pyrrole nitrogens is 1. The van der Waals surface area contributed by atoms with Crippen molar-refractivity contribution in [3.05, 3.63) is 48.0 Å². The van der Waals surface area contributed by atoms with Crippen LogP contribution in [-0.2, 0) is 4.74 Å². The van der Waals surface area contributed by atoms with Crippen molar-refractivity contribution < 1.29 is 9.53 Å². The number of anilines is 1. The van der Waals surface area contributed by atoms with Gasteiger partial charge in [0.2, 0.25) is 0 Å². The van der Waals surface area contributed by atoms with Crippen molar-refractivity contribution in [3.8, 4) is 11.4 Å². The number of rotatable bonds is 2. The quantitative estimate of drug-likeness (QED) is 0.552. The predicted molar refractivity (Wildman–Crippen MR) is 77.3 cm³/mol. The Hall–Kier alpha value is -2.82. The number of carbonyl (C=O) groups excluding carboxylic acids is 1. The molecule has 0 saturated heterocycles. The van der Waals surface area contributed by atoms with Gasteiger partial charge >= 0.3 is 5.97 Å². The van der Waals surface area contributed by atoms with E-state index in [0.29, 0.717) is 22.6 Å². The summed E-state index contributed by atoms with van der Waals surface area (Å²) in [4.78, 5) is 19.4. The molecular weight excluding hydrogens is 254 g/mol. The number of para-hydroxylation sites is 2. The molecule has 3 N–H and O–H groups in total. The van der Waals surface area contributed by atoms with E-state index in [1.807, 2.05) is 30.3 Å². The minimum Gasteiger partial charge on any atom is -0.465 e. The van der Waals surface area contributed by atoms with Gasteiger partial charge < -0.3 is 15.5 Å². The maximum Gasteiger partial charge on any atom is 0.340 e. The third kappa shape index (κ3) is 1.89.